The van der Waals surface area contributed by atoms with Crippen molar-refractivity contribution >= 4 is 15.9 Å². The Balaban J connectivity index is 1.81. The van der Waals surface area contributed by atoms with E-state index in [1.165, 1.54) is 11.0 Å². The SMILES string of the molecule is Cc1ccccc1CNS(=O)(=O)c1cc(C2NNCC2C(=O)N(C)C)oc1C. The van der Waals surface area contributed by atoms with Gasteiger partial charge in [-0.15, -0.1) is 0 Å². The molecule has 0 radical (unpaired) electrons. The van der Waals surface area contributed by atoms with Crippen molar-refractivity contribution in [1.82, 2.24) is 20.5 Å². The van der Waals surface area contributed by atoms with Crippen LogP contribution in [0.2, 0.25) is 0 Å². The standard InChI is InChI=1S/C19H26N4O4S/c1-12-7-5-6-8-14(12)10-21-28(25,26)17-9-16(27-13(17)2)18-15(11-20-22-18)19(24)23(3)4/h5-9,15,18,20-22H,10-11H2,1-4H3. The number of benzene rings is 1. The number of hydrogen-bond acceptors (Lipinski definition) is 6. The molecule has 2 unspecified atom stereocenters. The van der Waals surface area contributed by atoms with Crippen LogP contribution in [0.15, 0.2) is 39.6 Å². The minimum absolute atomic E-state index is 0.0568. The first-order valence-electron chi connectivity index (χ1n) is 9.04. The minimum Gasteiger partial charge on any atom is -0.463 e. The Kier molecular flexibility index (Phi) is 5.90. The van der Waals surface area contributed by atoms with Crippen LogP contribution >= 0.6 is 0 Å². The maximum absolute atomic E-state index is 12.8. The third-order valence-electron chi connectivity index (χ3n) is 4.94. The summed E-state index contributed by atoms with van der Waals surface area (Å²) >= 11 is 0. The number of carbonyl (C=O) groups is 1. The van der Waals surface area contributed by atoms with Crippen molar-refractivity contribution in [3.8, 4) is 0 Å². The highest BCUT2D eigenvalue weighted by molar-refractivity contribution is 7.89. The van der Waals surface area contributed by atoms with E-state index < -0.39 is 16.1 Å². The van der Waals surface area contributed by atoms with Gasteiger partial charge in [0.1, 0.15) is 16.4 Å². The van der Waals surface area contributed by atoms with Gasteiger partial charge in [0.05, 0.1) is 12.0 Å². The molecular formula is C19H26N4O4S. The summed E-state index contributed by atoms with van der Waals surface area (Å²) in [4.78, 5) is 14.0. The molecular weight excluding hydrogens is 380 g/mol. The van der Waals surface area contributed by atoms with Gasteiger partial charge in [0.15, 0.2) is 0 Å². The van der Waals surface area contributed by atoms with E-state index in [0.29, 0.717) is 12.3 Å². The van der Waals surface area contributed by atoms with Gasteiger partial charge in [-0.1, -0.05) is 24.3 Å². The summed E-state index contributed by atoms with van der Waals surface area (Å²) in [5.41, 5.74) is 7.89. The predicted octanol–water partition coefficient (Wildman–Crippen LogP) is 1.23. The second-order valence-corrected chi connectivity index (χ2v) is 8.90. The summed E-state index contributed by atoms with van der Waals surface area (Å²) in [6.07, 6.45) is 0. The fourth-order valence-corrected chi connectivity index (χ4v) is 4.49. The van der Waals surface area contributed by atoms with E-state index in [4.69, 9.17) is 4.42 Å². The molecule has 1 aromatic carbocycles. The summed E-state index contributed by atoms with van der Waals surface area (Å²) in [5.74, 6) is 0.269. The fourth-order valence-electron chi connectivity index (χ4n) is 3.29. The smallest absolute Gasteiger partial charge is 0.244 e. The first-order valence-corrected chi connectivity index (χ1v) is 10.5. The first kappa shape index (κ1) is 20.5. The molecule has 3 N–H and O–H groups in total. The number of sulfonamides is 1. The van der Waals surface area contributed by atoms with Gasteiger partial charge < -0.3 is 9.32 Å². The van der Waals surface area contributed by atoms with Gasteiger partial charge in [0.2, 0.25) is 15.9 Å². The van der Waals surface area contributed by atoms with Gasteiger partial charge in [-0.3, -0.25) is 10.2 Å². The number of amides is 1. The topological polar surface area (TPSA) is 104 Å². The fraction of sp³-hybridized carbons (Fsp3) is 0.421. The summed E-state index contributed by atoms with van der Waals surface area (Å²) in [6, 6.07) is 8.67. The summed E-state index contributed by atoms with van der Waals surface area (Å²) in [6.45, 7) is 4.18. The molecule has 0 spiro atoms. The van der Waals surface area contributed by atoms with Crippen LogP contribution in [-0.4, -0.2) is 39.9 Å². The van der Waals surface area contributed by atoms with Gasteiger partial charge in [-0.25, -0.2) is 18.6 Å². The average Bonchev–Trinajstić information content (AvgIpc) is 3.27. The average molecular weight is 407 g/mol. The molecule has 8 nitrogen and oxygen atoms in total. The zero-order valence-corrected chi connectivity index (χ0v) is 17.3. The second kappa shape index (κ2) is 8.04. The summed E-state index contributed by atoms with van der Waals surface area (Å²) in [7, 11) is -0.374. The summed E-state index contributed by atoms with van der Waals surface area (Å²) < 4.78 is 34.0. The zero-order valence-electron chi connectivity index (χ0n) is 16.4. The van der Waals surface area contributed by atoms with E-state index in [9.17, 15) is 13.2 Å². The number of carbonyl (C=O) groups excluding carboxylic acids is 1. The van der Waals surface area contributed by atoms with Crippen LogP contribution in [0.25, 0.3) is 0 Å². The lowest BCUT2D eigenvalue weighted by Gasteiger charge is -2.19. The molecule has 2 atom stereocenters. The van der Waals surface area contributed by atoms with Gasteiger partial charge >= 0.3 is 0 Å². The molecule has 1 aromatic heterocycles. The van der Waals surface area contributed by atoms with Crippen LogP contribution in [0, 0.1) is 19.8 Å². The molecule has 2 heterocycles. The van der Waals surface area contributed by atoms with E-state index >= 15 is 0 Å². The summed E-state index contributed by atoms with van der Waals surface area (Å²) in [5, 5.41) is 0. The number of nitrogens with one attached hydrogen (secondary N) is 3. The third-order valence-corrected chi connectivity index (χ3v) is 6.45. The molecule has 0 saturated carbocycles. The monoisotopic (exact) mass is 406 g/mol. The van der Waals surface area contributed by atoms with Crippen LogP contribution in [0.3, 0.4) is 0 Å². The van der Waals surface area contributed by atoms with E-state index in [0.717, 1.165) is 11.1 Å². The first-order chi connectivity index (χ1) is 13.2. The number of hydrazine groups is 1. The normalized spacial score (nSPS) is 19.7. The molecule has 1 fully saturated rings. The Labute approximate surface area is 165 Å². The molecule has 0 bridgehead atoms. The number of hydrogen-bond donors (Lipinski definition) is 3. The minimum atomic E-state index is -3.76. The van der Waals surface area contributed by atoms with E-state index in [2.05, 4.69) is 15.6 Å². The molecule has 9 heteroatoms. The van der Waals surface area contributed by atoms with Crippen molar-refractivity contribution < 1.29 is 17.6 Å². The van der Waals surface area contributed by atoms with Crippen molar-refractivity contribution in [2.75, 3.05) is 20.6 Å². The molecule has 1 saturated heterocycles. The zero-order chi connectivity index (χ0) is 20.5. The molecule has 152 valence electrons. The number of aryl methyl sites for hydroxylation is 2. The van der Waals surface area contributed by atoms with Crippen molar-refractivity contribution in [2.24, 2.45) is 5.92 Å². The Bertz CT molecular complexity index is 968. The second-order valence-electron chi connectivity index (χ2n) is 7.16. The van der Waals surface area contributed by atoms with Crippen molar-refractivity contribution in [1.29, 1.82) is 0 Å². The molecule has 3 rings (SSSR count). The maximum atomic E-state index is 12.8. The third kappa shape index (κ3) is 4.12. The Morgan fingerprint density at radius 2 is 2.00 bits per heavy atom. The van der Waals surface area contributed by atoms with Crippen LogP contribution in [0.5, 0.6) is 0 Å². The maximum Gasteiger partial charge on any atom is 0.244 e. The molecule has 28 heavy (non-hydrogen) atoms. The lowest BCUT2D eigenvalue weighted by Crippen LogP contribution is -2.34. The van der Waals surface area contributed by atoms with Gasteiger partial charge in [0, 0.05) is 33.3 Å². The van der Waals surface area contributed by atoms with Crippen molar-refractivity contribution in [3.05, 3.63) is 53.0 Å². The lowest BCUT2D eigenvalue weighted by atomic mass is 9.98. The molecule has 1 amide bonds. The molecule has 1 aliphatic rings. The molecule has 0 aliphatic carbocycles. The number of furan rings is 1. The Morgan fingerprint density at radius 1 is 1.29 bits per heavy atom. The quantitative estimate of drug-likeness (QED) is 0.667. The van der Waals surface area contributed by atoms with Crippen LogP contribution in [0.4, 0.5) is 0 Å². The van der Waals surface area contributed by atoms with Crippen molar-refractivity contribution in [2.45, 2.75) is 31.3 Å². The predicted molar refractivity (Wildman–Crippen MR) is 105 cm³/mol. The van der Waals surface area contributed by atoms with Crippen LogP contribution < -0.4 is 15.6 Å². The Morgan fingerprint density at radius 3 is 2.68 bits per heavy atom. The van der Waals surface area contributed by atoms with Crippen LogP contribution in [0.1, 0.15) is 28.7 Å². The van der Waals surface area contributed by atoms with E-state index in [-0.39, 0.29) is 29.0 Å². The van der Waals surface area contributed by atoms with Crippen molar-refractivity contribution in [3.63, 3.8) is 0 Å². The number of rotatable bonds is 6. The Hall–Kier alpha value is -2.20. The number of nitrogens with zero attached hydrogens (tertiary/aromatic N) is 1. The molecule has 2 aromatic rings. The molecule has 1 aliphatic heterocycles. The van der Waals surface area contributed by atoms with E-state index in [1.54, 1.807) is 21.0 Å². The van der Waals surface area contributed by atoms with Gasteiger partial charge in [-0.05, 0) is 25.0 Å². The van der Waals surface area contributed by atoms with Gasteiger partial charge in [-0.2, -0.15) is 0 Å². The highest BCUT2D eigenvalue weighted by Crippen LogP contribution is 2.31. The van der Waals surface area contributed by atoms with E-state index in [1.807, 2.05) is 31.2 Å². The lowest BCUT2D eigenvalue weighted by molar-refractivity contribution is -0.133. The van der Waals surface area contributed by atoms with Gasteiger partial charge in [0.25, 0.3) is 0 Å². The highest BCUT2D eigenvalue weighted by atomic mass is 32.2. The largest absolute Gasteiger partial charge is 0.463 e. The highest BCUT2D eigenvalue weighted by Gasteiger charge is 2.38. The van der Waals surface area contributed by atoms with Crippen LogP contribution in [-0.2, 0) is 21.4 Å².